The van der Waals surface area contributed by atoms with Crippen molar-refractivity contribution in [1.29, 1.82) is 0 Å². The summed E-state index contributed by atoms with van der Waals surface area (Å²) in [5, 5.41) is 12.1. The molecule has 0 aliphatic carbocycles. The zero-order valence-electron chi connectivity index (χ0n) is 23.5. The van der Waals surface area contributed by atoms with E-state index in [9.17, 15) is 5.11 Å². The van der Waals surface area contributed by atoms with Crippen LogP contribution in [0.5, 0.6) is 0 Å². The first-order chi connectivity index (χ1) is 21.1. The third-order valence-electron chi connectivity index (χ3n) is 8.23. The van der Waals surface area contributed by atoms with E-state index >= 15 is 0 Å². The van der Waals surface area contributed by atoms with Gasteiger partial charge in [-0.2, -0.15) is 0 Å². The first kappa shape index (κ1) is 27.9. The maximum Gasteiger partial charge on any atom is 0.135 e. The number of rotatable bonds is 8. The van der Waals surface area contributed by atoms with Crippen LogP contribution in [-0.4, -0.2) is 57.3 Å². The number of imidazole rings is 1. The Balaban J connectivity index is 1.35. The third-order valence-corrected chi connectivity index (χ3v) is 8.78. The summed E-state index contributed by atoms with van der Waals surface area (Å²) in [6.07, 6.45) is 3.84. The van der Waals surface area contributed by atoms with Gasteiger partial charge in [0.2, 0.25) is 0 Å². The fraction of sp³-hybridized carbons (Fsp3) is 0.235. The lowest BCUT2D eigenvalue weighted by Crippen LogP contribution is -2.48. The zero-order chi connectivity index (χ0) is 29.3. The monoisotopic (exact) mass is 611 g/mol. The molecule has 3 aromatic carbocycles. The van der Waals surface area contributed by atoms with Crippen LogP contribution in [0.3, 0.4) is 0 Å². The second kappa shape index (κ2) is 12.0. The highest BCUT2D eigenvalue weighted by Gasteiger charge is 2.34. The number of piperazine rings is 1. The van der Waals surface area contributed by atoms with E-state index in [0.29, 0.717) is 23.0 Å². The number of anilines is 1. The smallest absolute Gasteiger partial charge is 0.135 e. The highest BCUT2D eigenvalue weighted by molar-refractivity contribution is 6.38. The summed E-state index contributed by atoms with van der Waals surface area (Å²) in [5.41, 5.74) is 5.88. The molecule has 0 amide bonds. The molecule has 43 heavy (non-hydrogen) atoms. The molecule has 7 rings (SSSR count). The standard InChI is InChI=1S/C34H31Cl2N5O2/c35-26-20-37-21-27(36)32(26)39-14-16-40(17-15-39)33(30-19-25-9-4-5-12-29(25)43-30)34-38-28-11-6-10-24(13-18-42)31(28)41(34)22-23-7-2-1-3-8-23/h1-12,19-21,33,42H,13-18,22H2. The Morgan fingerprint density at radius 1 is 0.860 bits per heavy atom. The molecule has 4 heterocycles. The van der Waals surface area contributed by atoms with Crippen LogP contribution in [0.25, 0.3) is 22.0 Å². The molecule has 1 aliphatic rings. The van der Waals surface area contributed by atoms with Crippen molar-refractivity contribution >= 4 is 50.9 Å². The van der Waals surface area contributed by atoms with Crippen LogP contribution in [0.4, 0.5) is 5.69 Å². The van der Waals surface area contributed by atoms with Crippen LogP contribution < -0.4 is 4.90 Å². The molecule has 1 N–H and O–H groups in total. The largest absolute Gasteiger partial charge is 0.459 e. The first-order valence-electron chi connectivity index (χ1n) is 14.5. The first-order valence-corrected chi connectivity index (χ1v) is 15.3. The van der Waals surface area contributed by atoms with Crippen molar-refractivity contribution in [3.63, 3.8) is 0 Å². The second-order valence-corrected chi connectivity index (χ2v) is 11.7. The molecule has 1 atom stereocenters. The van der Waals surface area contributed by atoms with E-state index in [4.69, 9.17) is 32.6 Å². The number of pyridine rings is 1. The number of furan rings is 1. The Kier molecular flexibility index (Phi) is 7.80. The van der Waals surface area contributed by atoms with Gasteiger partial charge >= 0.3 is 0 Å². The highest BCUT2D eigenvalue weighted by atomic mass is 35.5. The van der Waals surface area contributed by atoms with E-state index in [0.717, 1.165) is 71.0 Å². The van der Waals surface area contributed by atoms with Crippen LogP contribution >= 0.6 is 23.2 Å². The van der Waals surface area contributed by atoms with Crippen molar-refractivity contribution in [3.05, 3.63) is 124 Å². The SMILES string of the molecule is OCCc1cccc2nc(C(c3cc4ccccc4o3)N3CCN(c4c(Cl)cncc4Cl)CC3)n(Cc3ccccc3)c12. The molecule has 0 bridgehead atoms. The lowest BCUT2D eigenvalue weighted by molar-refractivity contribution is 0.185. The number of aliphatic hydroxyl groups is 1. The number of hydrogen-bond donors (Lipinski definition) is 1. The Morgan fingerprint density at radius 3 is 2.35 bits per heavy atom. The molecule has 218 valence electrons. The van der Waals surface area contributed by atoms with Gasteiger partial charge in [-0.3, -0.25) is 9.88 Å². The second-order valence-electron chi connectivity index (χ2n) is 10.9. The Hall–Kier alpha value is -3.88. The summed E-state index contributed by atoms with van der Waals surface area (Å²) in [6, 6.07) is 26.6. The molecule has 1 saturated heterocycles. The minimum atomic E-state index is -0.240. The molecule has 6 aromatic rings. The fourth-order valence-electron chi connectivity index (χ4n) is 6.25. The predicted octanol–water partition coefficient (Wildman–Crippen LogP) is 6.98. The van der Waals surface area contributed by atoms with Gasteiger partial charge in [-0.25, -0.2) is 4.98 Å². The normalized spacial score (nSPS) is 15.0. The van der Waals surface area contributed by atoms with Crippen molar-refractivity contribution in [1.82, 2.24) is 19.4 Å². The van der Waals surface area contributed by atoms with Crippen LogP contribution in [-0.2, 0) is 13.0 Å². The zero-order valence-corrected chi connectivity index (χ0v) is 25.0. The van der Waals surface area contributed by atoms with E-state index < -0.39 is 0 Å². The van der Waals surface area contributed by atoms with Gasteiger partial charge in [0.05, 0.1) is 26.8 Å². The summed E-state index contributed by atoms with van der Waals surface area (Å²) in [7, 11) is 0. The Morgan fingerprint density at radius 2 is 1.60 bits per heavy atom. The molecule has 1 unspecified atom stereocenters. The molecular weight excluding hydrogens is 581 g/mol. The van der Waals surface area contributed by atoms with Gasteiger partial charge in [-0.15, -0.1) is 0 Å². The van der Waals surface area contributed by atoms with Gasteiger partial charge in [0.15, 0.2) is 0 Å². The van der Waals surface area contributed by atoms with E-state index in [1.165, 1.54) is 5.56 Å². The average molecular weight is 613 g/mol. The number of para-hydroxylation sites is 2. The summed E-state index contributed by atoms with van der Waals surface area (Å²) in [4.78, 5) is 14.1. The summed E-state index contributed by atoms with van der Waals surface area (Å²) < 4.78 is 8.88. The Bertz CT molecular complexity index is 1830. The molecular formula is C34H31Cl2N5O2. The molecule has 9 heteroatoms. The van der Waals surface area contributed by atoms with Crippen molar-refractivity contribution in [2.45, 2.75) is 19.0 Å². The van der Waals surface area contributed by atoms with Crippen LogP contribution in [0.15, 0.2) is 95.7 Å². The van der Waals surface area contributed by atoms with Crippen molar-refractivity contribution in [2.75, 3.05) is 37.7 Å². The van der Waals surface area contributed by atoms with Crippen molar-refractivity contribution in [2.24, 2.45) is 0 Å². The van der Waals surface area contributed by atoms with Crippen LogP contribution in [0.1, 0.15) is 28.8 Å². The number of fused-ring (bicyclic) bond motifs is 2. The van der Waals surface area contributed by atoms with Crippen molar-refractivity contribution in [3.8, 4) is 0 Å². The van der Waals surface area contributed by atoms with Gasteiger partial charge in [0, 0.05) is 57.1 Å². The number of aliphatic hydroxyl groups excluding tert-OH is 1. The van der Waals surface area contributed by atoms with Gasteiger partial charge < -0.3 is 19.0 Å². The van der Waals surface area contributed by atoms with E-state index in [1.54, 1.807) is 12.4 Å². The topological polar surface area (TPSA) is 70.6 Å². The summed E-state index contributed by atoms with van der Waals surface area (Å²) >= 11 is 13.1. The third kappa shape index (κ3) is 5.38. The van der Waals surface area contributed by atoms with Gasteiger partial charge in [-0.1, -0.05) is 83.9 Å². The fourth-order valence-corrected chi connectivity index (χ4v) is 6.86. The lowest BCUT2D eigenvalue weighted by atomic mass is 10.1. The molecule has 7 nitrogen and oxygen atoms in total. The van der Waals surface area contributed by atoms with Crippen LogP contribution in [0.2, 0.25) is 10.0 Å². The summed E-state index contributed by atoms with van der Waals surface area (Å²) in [6.45, 7) is 3.67. The van der Waals surface area contributed by atoms with E-state index in [-0.39, 0.29) is 12.6 Å². The minimum Gasteiger partial charge on any atom is -0.459 e. The predicted molar refractivity (Wildman–Crippen MR) is 172 cm³/mol. The minimum absolute atomic E-state index is 0.0695. The maximum atomic E-state index is 9.92. The van der Waals surface area contributed by atoms with Gasteiger partial charge in [0.1, 0.15) is 23.2 Å². The van der Waals surface area contributed by atoms with Gasteiger partial charge in [0.25, 0.3) is 0 Å². The molecule has 1 fully saturated rings. The average Bonchev–Trinajstić information content (AvgIpc) is 3.61. The Labute approximate surface area is 259 Å². The van der Waals surface area contributed by atoms with E-state index in [1.807, 2.05) is 30.3 Å². The number of aromatic nitrogens is 3. The van der Waals surface area contributed by atoms with E-state index in [2.05, 4.69) is 67.9 Å². The highest BCUT2D eigenvalue weighted by Crippen LogP contribution is 2.38. The molecule has 3 aromatic heterocycles. The molecule has 0 radical (unpaired) electrons. The number of benzene rings is 3. The molecule has 1 aliphatic heterocycles. The van der Waals surface area contributed by atoms with Crippen molar-refractivity contribution < 1.29 is 9.52 Å². The van der Waals surface area contributed by atoms with Gasteiger partial charge in [-0.05, 0) is 35.7 Å². The van der Waals surface area contributed by atoms with Crippen LogP contribution in [0, 0.1) is 0 Å². The maximum absolute atomic E-state index is 9.92. The summed E-state index contributed by atoms with van der Waals surface area (Å²) in [5.74, 6) is 1.76. The molecule has 0 spiro atoms. The molecule has 0 saturated carbocycles. The number of nitrogens with zero attached hydrogens (tertiary/aromatic N) is 5. The number of hydrogen-bond acceptors (Lipinski definition) is 6. The number of halogens is 2. The lowest BCUT2D eigenvalue weighted by Gasteiger charge is -2.39. The quantitative estimate of drug-likeness (QED) is 0.200.